The van der Waals surface area contributed by atoms with Gasteiger partial charge >= 0.3 is 6.43 Å². The van der Waals surface area contributed by atoms with Gasteiger partial charge < -0.3 is 9.32 Å². The summed E-state index contributed by atoms with van der Waals surface area (Å²) in [7, 11) is 0. The quantitative estimate of drug-likeness (QED) is 0.694. The van der Waals surface area contributed by atoms with Crippen molar-refractivity contribution < 1.29 is 18.0 Å². The third kappa shape index (κ3) is 2.96. The zero-order valence-electron chi connectivity index (χ0n) is 13.6. The number of hydrogen-bond donors (Lipinski definition) is 0. The molecular weight excluding hydrogens is 364 g/mol. The molecule has 0 spiro atoms. The largest absolute Gasteiger partial charge is 0.414 e. The van der Waals surface area contributed by atoms with Gasteiger partial charge in [0.2, 0.25) is 5.91 Å². The van der Waals surface area contributed by atoms with Gasteiger partial charge in [0.1, 0.15) is 9.88 Å². The first-order valence-electron chi connectivity index (χ1n) is 7.84. The SMILES string of the molecule is C[C@H]1Cc2ccncc2N(Cc2ncc(-c3nnc(C(F)F)o3)s2)C1=O. The van der Waals surface area contributed by atoms with Crippen LogP contribution in [0.15, 0.2) is 29.1 Å². The number of alkyl halides is 2. The molecule has 3 aromatic rings. The summed E-state index contributed by atoms with van der Waals surface area (Å²) in [6.07, 6.45) is 2.71. The Labute approximate surface area is 150 Å². The van der Waals surface area contributed by atoms with Gasteiger partial charge in [-0.3, -0.25) is 9.78 Å². The van der Waals surface area contributed by atoms with Crippen LogP contribution in [0.2, 0.25) is 0 Å². The van der Waals surface area contributed by atoms with Gasteiger partial charge in [-0.2, -0.15) is 8.78 Å². The molecule has 134 valence electrons. The van der Waals surface area contributed by atoms with Gasteiger partial charge in [-0.15, -0.1) is 21.5 Å². The zero-order valence-corrected chi connectivity index (χ0v) is 14.4. The van der Waals surface area contributed by atoms with Crippen molar-refractivity contribution in [3.8, 4) is 10.8 Å². The summed E-state index contributed by atoms with van der Waals surface area (Å²) >= 11 is 1.22. The predicted molar refractivity (Wildman–Crippen MR) is 88.7 cm³/mol. The molecule has 0 radical (unpaired) electrons. The van der Waals surface area contributed by atoms with Crippen LogP contribution < -0.4 is 4.90 Å². The molecule has 1 atom stereocenters. The van der Waals surface area contributed by atoms with Gasteiger partial charge in [0, 0.05) is 12.1 Å². The summed E-state index contributed by atoms with van der Waals surface area (Å²) in [6, 6.07) is 1.91. The lowest BCUT2D eigenvalue weighted by Crippen LogP contribution is -2.39. The number of pyridine rings is 1. The second-order valence-corrected chi connectivity index (χ2v) is 7.01. The molecule has 26 heavy (non-hydrogen) atoms. The summed E-state index contributed by atoms with van der Waals surface area (Å²) in [6.45, 7) is 2.15. The number of hydrogen-bond acceptors (Lipinski definition) is 7. The summed E-state index contributed by atoms with van der Waals surface area (Å²) in [4.78, 5) is 23.1. The lowest BCUT2D eigenvalue weighted by atomic mass is 9.94. The van der Waals surface area contributed by atoms with E-state index < -0.39 is 12.3 Å². The van der Waals surface area contributed by atoms with Crippen LogP contribution in [0.4, 0.5) is 14.5 Å². The van der Waals surface area contributed by atoms with Gasteiger partial charge in [-0.05, 0) is 18.1 Å². The number of carbonyl (C=O) groups excluding carboxylic acids is 1. The van der Waals surface area contributed by atoms with Crippen molar-refractivity contribution in [3.63, 3.8) is 0 Å². The van der Waals surface area contributed by atoms with E-state index in [1.54, 1.807) is 17.3 Å². The molecule has 0 bridgehead atoms. The Hall–Kier alpha value is -2.75. The minimum atomic E-state index is -2.82. The zero-order chi connectivity index (χ0) is 18.3. The highest BCUT2D eigenvalue weighted by Gasteiger charge is 2.31. The Morgan fingerprint density at radius 1 is 1.38 bits per heavy atom. The molecule has 10 heteroatoms. The van der Waals surface area contributed by atoms with Crippen LogP contribution in [0.1, 0.15) is 29.8 Å². The third-order valence-corrected chi connectivity index (χ3v) is 5.05. The lowest BCUT2D eigenvalue weighted by Gasteiger charge is -2.31. The number of nitrogens with zero attached hydrogens (tertiary/aromatic N) is 5. The molecule has 0 N–H and O–H groups in total. The van der Waals surface area contributed by atoms with E-state index in [1.807, 2.05) is 13.0 Å². The van der Waals surface area contributed by atoms with Crippen molar-refractivity contribution in [1.82, 2.24) is 20.2 Å². The van der Waals surface area contributed by atoms with Gasteiger partial charge in [0.15, 0.2) is 0 Å². The number of aromatic nitrogens is 4. The molecule has 0 aliphatic carbocycles. The second kappa shape index (κ2) is 6.52. The van der Waals surface area contributed by atoms with Crippen molar-refractivity contribution in [2.45, 2.75) is 26.3 Å². The minimum absolute atomic E-state index is 0.0000249. The predicted octanol–water partition coefficient (Wildman–Crippen LogP) is 3.25. The molecule has 1 amide bonds. The number of fused-ring (bicyclic) bond motifs is 1. The van der Waals surface area contributed by atoms with Crippen LogP contribution >= 0.6 is 11.3 Å². The Balaban J connectivity index is 1.60. The molecule has 0 saturated carbocycles. The minimum Gasteiger partial charge on any atom is -0.414 e. The van der Waals surface area contributed by atoms with E-state index in [0.29, 0.717) is 16.3 Å². The number of halogens is 2. The first-order valence-corrected chi connectivity index (χ1v) is 8.65. The molecule has 0 aromatic carbocycles. The van der Waals surface area contributed by atoms with E-state index in [2.05, 4.69) is 20.2 Å². The average molecular weight is 377 g/mol. The summed E-state index contributed by atoms with van der Waals surface area (Å²) in [5, 5.41) is 7.56. The monoisotopic (exact) mass is 377 g/mol. The number of amides is 1. The van der Waals surface area contributed by atoms with Crippen LogP contribution in [0.25, 0.3) is 10.8 Å². The summed E-state index contributed by atoms with van der Waals surface area (Å²) < 4.78 is 30.1. The summed E-state index contributed by atoms with van der Waals surface area (Å²) in [5.74, 6) is -0.867. The number of thiazole rings is 1. The summed E-state index contributed by atoms with van der Waals surface area (Å²) in [5.41, 5.74) is 1.83. The van der Waals surface area contributed by atoms with Crippen molar-refractivity contribution >= 4 is 22.9 Å². The standard InChI is InChI=1S/C16H13F2N5O2S/c1-8-4-9-2-3-19-5-10(9)23(16(8)24)7-12-20-6-11(26-12)14-21-22-15(25-14)13(17)18/h2-3,5-6,8,13H,4,7H2,1H3/t8-/m0/s1. The molecule has 4 rings (SSSR count). The number of anilines is 1. The highest BCUT2D eigenvalue weighted by atomic mass is 32.1. The van der Waals surface area contributed by atoms with E-state index in [-0.39, 0.29) is 24.3 Å². The van der Waals surface area contributed by atoms with E-state index >= 15 is 0 Å². The van der Waals surface area contributed by atoms with Crippen LogP contribution in [-0.2, 0) is 17.8 Å². The van der Waals surface area contributed by atoms with Crippen LogP contribution in [0.5, 0.6) is 0 Å². The maximum absolute atomic E-state index is 12.6. The van der Waals surface area contributed by atoms with Crippen molar-refractivity contribution in [2.24, 2.45) is 5.92 Å². The van der Waals surface area contributed by atoms with Crippen molar-refractivity contribution in [1.29, 1.82) is 0 Å². The van der Waals surface area contributed by atoms with Crippen molar-refractivity contribution in [3.05, 3.63) is 41.1 Å². The highest BCUT2D eigenvalue weighted by Crippen LogP contribution is 2.33. The molecule has 3 aromatic heterocycles. The first-order chi connectivity index (χ1) is 12.5. The topological polar surface area (TPSA) is 85.0 Å². The average Bonchev–Trinajstić information content (AvgIpc) is 3.28. The van der Waals surface area contributed by atoms with Crippen LogP contribution in [-0.4, -0.2) is 26.1 Å². The van der Waals surface area contributed by atoms with E-state index in [4.69, 9.17) is 4.42 Å². The highest BCUT2D eigenvalue weighted by molar-refractivity contribution is 7.15. The Morgan fingerprint density at radius 2 is 2.23 bits per heavy atom. The normalized spacial score (nSPS) is 17.0. The van der Waals surface area contributed by atoms with E-state index in [1.165, 1.54) is 17.5 Å². The van der Waals surface area contributed by atoms with E-state index in [9.17, 15) is 13.6 Å². The fourth-order valence-electron chi connectivity index (χ4n) is 2.84. The molecule has 0 saturated heterocycles. The molecular formula is C16H13F2N5O2S. The number of carbonyl (C=O) groups is 1. The van der Waals surface area contributed by atoms with Crippen LogP contribution in [0.3, 0.4) is 0 Å². The van der Waals surface area contributed by atoms with Gasteiger partial charge in [-0.1, -0.05) is 6.92 Å². The molecule has 7 nitrogen and oxygen atoms in total. The smallest absolute Gasteiger partial charge is 0.314 e. The Morgan fingerprint density at radius 3 is 3.00 bits per heavy atom. The first kappa shape index (κ1) is 16.7. The van der Waals surface area contributed by atoms with Gasteiger partial charge in [0.25, 0.3) is 11.8 Å². The van der Waals surface area contributed by atoms with Crippen LogP contribution in [0, 0.1) is 5.92 Å². The van der Waals surface area contributed by atoms with Crippen molar-refractivity contribution in [2.75, 3.05) is 4.90 Å². The number of rotatable bonds is 4. The van der Waals surface area contributed by atoms with E-state index in [0.717, 1.165) is 11.3 Å². The Bertz CT molecular complexity index is 958. The molecule has 1 aliphatic heterocycles. The maximum Gasteiger partial charge on any atom is 0.314 e. The molecule has 0 fully saturated rings. The molecule has 0 unspecified atom stereocenters. The fourth-order valence-corrected chi connectivity index (χ4v) is 3.66. The Kier molecular flexibility index (Phi) is 4.19. The van der Waals surface area contributed by atoms with Gasteiger partial charge in [-0.25, -0.2) is 4.98 Å². The third-order valence-electron chi connectivity index (χ3n) is 4.08. The molecule has 1 aliphatic rings. The second-order valence-electron chi connectivity index (χ2n) is 5.90. The van der Waals surface area contributed by atoms with Gasteiger partial charge in [0.05, 0.1) is 24.6 Å². The maximum atomic E-state index is 12.6. The fraction of sp³-hybridized carbons (Fsp3) is 0.312. The lowest BCUT2D eigenvalue weighted by molar-refractivity contribution is -0.122. The molecule has 4 heterocycles.